The molecule has 0 aliphatic heterocycles. The van der Waals surface area contributed by atoms with Gasteiger partial charge >= 0.3 is 13.7 Å². The first kappa shape index (κ1) is 36.6. The molecule has 0 fully saturated rings. The molecule has 47 heavy (non-hydrogen) atoms. The number of para-hydroxylation sites is 1. The number of nitrogen functional groups attached to an aromatic ring is 1. The van der Waals surface area contributed by atoms with Crippen LogP contribution in [0.25, 0.3) is 21.9 Å². The Morgan fingerprint density at radius 2 is 1.70 bits per heavy atom. The van der Waals surface area contributed by atoms with E-state index in [1.54, 1.807) is 45.0 Å². The van der Waals surface area contributed by atoms with E-state index in [4.69, 9.17) is 40.8 Å². The van der Waals surface area contributed by atoms with E-state index in [0.29, 0.717) is 28.5 Å². The molecule has 3 N–H and O–H groups in total. The van der Waals surface area contributed by atoms with Gasteiger partial charge in [-0.15, -0.1) is 0 Å². The van der Waals surface area contributed by atoms with E-state index in [0.717, 1.165) is 10.9 Å². The average Bonchev–Trinajstić information content (AvgIpc) is 3.39. The van der Waals surface area contributed by atoms with Gasteiger partial charge in [0.25, 0.3) is 0 Å². The predicted molar refractivity (Wildman–Crippen MR) is 187 cm³/mol. The zero-order chi connectivity index (χ0) is 34.7. The van der Waals surface area contributed by atoms with Crippen LogP contribution >= 0.6 is 19.3 Å². The van der Waals surface area contributed by atoms with Crippen molar-refractivity contribution in [1.29, 1.82) is 0 Å². The highest BCUT2D eigenvalue weighted by molar-refractivity contribution is 7.52. The maximum atomic E-state index is 14.8. The Kier molecular flexibility index (Phi) is 11.3. The number of carbonyl (C=O) groups is 1. The lowest BCUT2D eigenvalue weighted by Gasteiger charge is -2.38. The Bertz CT molecular complexity index is 1750. The summed E-state index contributed by atoms with van der Waals surface area (Å²) in [6.45, 7) is 17.5. The molecule has 2 heterocycles. The van der Waals surface area contributed by atoms with Crippen LogP contribution < -0.4 is 15.3 Å². The number of hydrogen-bond acceptors (Lipinski definition) is 9. The van der Waals surface area contributed by atoms with Crippen molar-refractivity contribution in [3.63, 3.8) is 0 Å². The molecule has 3 atom stereocenters. The molecule has 2 aromatic carbocycles. The maximum absolute atomic E-state index is 14.8. The molecule has 256 valence electrons. The lowest BCUT2D eigenvalue weighted by Crippen LogP contribution is -2.46. The van der Waals surface area contributed by atoms with Crippen LogP contribution in [0.2, 0.25) is 5.02 Å². The fraction of sp³-hybridized carbons (Fsp3) is 0.500. The topological polar surface area (TPSA) is 140 Å². The van der Waals surface area contributed by atoms with E-state index in [1.165, 1.54) is 0 Å². The summed E-state index contributed by atoms with van der Waals surface area (Å²) in [6, 6.07) is 13.1. The van der Waals surface area contributed by atoms with Crippen molar-refractivity contribution in [2.24, 2.45) is 11.8 Å². The van der Waals surface area contributed by atoms with Gasteiger partial charge in [0.1, 0.15) is 35.3 Å². The zero-order valence-electron chi connectivity index (χ0n) is 28.7. The van der Waals surface area contributed by atoms with E-state index in [2.05, 4.69) is 14.6 Å². The second-order valence-corrected chi connectivity index (χ2v) is 15.6. The SMILES string of the molecule is CCOCc1nc2c(N)nc3ccccc3c2n1C(C)(COP(=O)(N[C@H](C(=O)OC(C)(C)C)C(C)C)Oc1ccc(Cl)cc1)C(C)C. The second kappa shape index (κ2) is 14.5. The van der Waals surface area contributed by atoms with Gasteiger partial charge in [0.15, 0.2) is 5.82 Å². The number of carbonyl (C=O) groups excluding carboxylic acids is 1. The fourth-order valence-corrected chi connectivity index (χ4v) is 7.01. The molecule has 2 unspecified atom stereocenters. The number of esters is 1. The zero-order valence-corrected chi connectivity index (χ0v) is 30.3. The van der Waals surface area contributed by atoms with Crippen LogP contribution in [0.4, 0.5) is 5.82 Å². The Morgan fingerprint density at radius 3 is 2.30 bits per heavy atom. The van der Waals surface area contributed by atoms with Gasteiger partial charge in [-0.05, 0) is 76.8 Å². The minimum atomic E-state index is -4.27. The summed E-state index contributed by atoms with van der Waals surface area (Å²) in [5.41, 5.74) is 6.83. The predicted octanol–water partition coefficient (Wildman–Crippen LogP) is 7.89. The van der Waals surface area contributed by atoms with Crippen LogP contribution in [0.1, 0.15) is 68.1 Å². The highest BCUT2D eigenvalue weighted by Crippen LogP contribution is 2.48. The highest BCUT2D eigenvalue weighted by Gasteiger charge is 2.42. The molecule has 0 aliphatic carbocycles. The Hall–Kier alpha value is -3.21. The van der Waals surface area contributed by atoms with E-state index < -0.39 is 30.9 Å². The van der Waals surface area contributed by atoms with Gasteiger partial charge in [-0.2, -0.15) is 5.09 Å². The molecule has 0 saturated heterocycles. The third-order valence-corrected chi connectivity index (χ3v) is 9.74. The largest absolute Gasteiger partial charge is 0.459 e. The molecule has 0 amide bonds. The van der Waals surface area contributed by atoms with Gasteiger partial charge in [0.2, 0.25) is 0 Å². The summed E-state index contributed by atoms with van der Waals surface area (Å²) in [6.07, 6.45) is 0. The summed E-state index contributed by atoms with van der Waals surface area (Å²) in [4.78, 5) is 22.8. The van der Waals surface area contributed by atoms with Crippen LogP contribution in [0.3, 0.4) is 0 Å². The number of anilines is 1. The number of hydrogen-bond donors (Lipinski definition) is 2. The molecule has 0 aliphatic rings. The van der Waals surface area contributed by atoms with Crippen LogP contribution in [0, 0.1) is 11.8 Å². The molecule has 0 radical (unpaired) electrons. The number of nitrogens with one attached hydrogen (secondary N) is 1. The van der Waals surface area contributed by atoms with Crippen molar-refractivity contribution in [3.05, 3.63) is 59.4 Å². The number of ether oxygens (including phenoxy) is 2. The first-order valence-electron chi connectivity index (χ1n) is 15.8. The second-order valence-electron chi connectivity index (χ2n) is 13.4. The van der Waals surface area contributed by atoms with Crippen molar-refractivity contribution in [2.45, 2.75) is 86.1 Å². The molecule has 11 nitrogen and oxygen atoms in total. The van der Waals surface area contributed by atoms with Gasteiger partial charge in [0.05, 0.1) is 23.2 Å². The summed E-state index contributed by atoms with van der Waals surface area (Å²) in [5, 5.41) is 4.25. The number of aromatic nitrogens is 3. The number of halogens is 1. The van der Waals surface area contributed by atoms with Crippen molar-refractivity contribution < 1.29 is 27.9 Å². The molecule has 0 saturated carbocycles. The molecule has 4 aromatic rings. The minimum Gasteiger partial charge on any atom is -0.459 e. The maximum Gasteiger partial charge on any atom is 0.459 e. The lowest BCUT2D eigenvalue weighted by molar-refractivity contribution is -0.158. The van der Waals surface area contributed by atoms with Crippen LogP contribution in [-0.2, 0) is 35.5 Å². The van der Waals surface area contributed by atoms with Gasteiger partial charge in [-0.1, -0.05) is 57.5 Å². The third kappa shape index (κ3) is 8.45. The lowest BCUT2D eigenvalue weighted by atomic mass is 9.88. The van der Waals surface area contributed by atoms with E-state index in [1.807, 2.05) is 65.8 Å². The number of rotatable bonds is 14. The van der Waals surface area contributed by atoms with Crippen molar-refractivity contribution in [2.75, 3.05) is 18.9 Å². The molecular formula is C34H47ClN5O6P. The fourth-order valence-electron chi connectivity index (χ4n) is 5.13. The van der Waals surface area contributed by atoms with Gasteiger partial charge in [0, 0.05) is 17.0 Å². The van der Waals surface area contributed by atoms with Crippen LogP contribution in [-0.4, -0.2) is 45.4 Å². The summed E-state index contributed by atoms with van der Waals surface area (Å²) in [7, 11) is -4.27. The smallest absolute Gasteiger partial charge is 0.459 e. The van der Waals surface area contributed by atoms with E-state index in [-0.39, 0.29) is 36.6 Å². The van der Waals surface area contributed by atoms with E-state index in [9.17, 15) is 9.36 Å². The highest BCUT2D eigenvalue weighted by atomic mass is 35.5. The third-order valence-electron chi connectivity index (χ3n) is 7.97. The average molecular weight is 688 g/mol. The van der Waals surface area contributed by atoms with Gasteiger partial charge in [-0.25, -0.2) is 14.5 Å². The van der Waals surface area contributed by atoms with Crippen molar-refractivity contribution >= 4 is 53.1 Å². The number of pyridine rings is 1. The number of nitrogens with two attached hydrogens (primary N) is 1. The van der Waals surface area contributed by atoms with Crippen molar-refractivity contribution in [3.8, 4) is 5.75 Å². The molecule has 0 spiro atoms. The first-order valence-corrected chi connectivity index (χ1v) is 17.7. The Balaban J connectivity index is 1.84. The van der Waals surface area contributed by atoms with E-state index >= 15 is 0 Å². The monoisotopic (exact) mass is 687 g/mol. The Labute approximate surface area is 282 Å². The quantitative estimate of drug-likeness (QED) is 0.0993. The summed E-state index contributed by atoms with van der Waals surface area (Å²) in [5.74, 6) is 0.169. The molecular weight excluding hydrogens is 641 g/mol. The molecule has 2 aromatic heterocycles. The molecule has 13 heteroatoms. The van der Waals surface area contributed by atoms with Gasteiger partial charge < -0.3 is 24.3 Å². The first-order chi connectivity index (χ1) is 22.0. The number of imidazole rings is 1. The van der Waals surface area contributed by atoms with Gasteiger partial charge in [-0.3, -0.25) is 9.32 Å². The van der Waals surface area contributed by atoms with Crippen molar-refractivity contribution in [1.82, 2.24) is 19.6 Å². The normalized spacial score (nSPS) is 15.6. The number of benzene rings is 2. The number of fused-ring (bicyclic) bond motifs is 3. The van der Waals surface area contributed by atoms with Crippen LogP contribution in [0.15, 0.2) is 48.5 Å². The minimum absolute atomic E-state index is 0.0934. The van der Waals surface area contributed by atoms with Crippen LogP contribution in [0.5, 0.6) is 5.75 Å². The summed E-state index contributed by atoms with van der Waals surface area (Å²) < 4.78 is 40.8. The standard InChI is InChI=1S/C34H47ClN5O6P/c1-10-43-19-27-38-29-30(25-13-11-12-14-26(25)37-31(29)36)40(27)34(9,22(4)5)20-44-47(42,46-24-17-15-23(35)16-18-24)39-28(21(2)3)32(41)45-33(6,7)8/h11-18,21-22,28H,10,19-20H2,1-9H3,(H2,36,37)(H,39,42)/t28-,34?,47?/m0/s1. The summed E-state index contributed by atoms with van der Waals surface area (Å²) >= 11 is 6.11. The molecule has 0 bridgehead atoms. The number of nitrogens with zero attached hydrogens (tertiary/aromatic N) is 3. The molecule has 4 rings (SSSR count). The Morgan fingerprint density at radius 1 is 1.04 bits per heavy atom.